The summed E-state index contributed by atoms with van der Waals surface area (Å²) in [7, 11) is 0. The van der Waals surface area contributed by atoms with Gasteiger partial charge in [0.25, 0.3) is 0 Å². The van der Waals surface area contributed by atoms with E-state index in [-0.39, 0.29) is 18.4 Å². The lowest BCUT2D eigenvalue weighted by Crippen LogP contribution is -2.09. The molecule has 0 fully saturated rings. The van der Waals surface area contributed by atoms with Crippen LogP contribution in [0.5, 0.6) is 5.75 Å². The van der Waals surface area contributed by atoms with Gasteiger partial charge in [-0.25, -0.2) is 0 Å². The van der Waals surface area contributed by atoms with Gasteiger partial charge in [-0.2, -0.15) is 0 Å². The molecule has 0 saturated heterocycles. The molecule has 0 saturated carbocycles. The maximum absolute atomic E-state index is 11.0. The largest absolute Gasteiger partial charge is 0.490 e. The fourth-order valence-corrected chi connectivity index (χ4v) is 1.13. The zero-order valence-corrected chi connectivity index (χ0v) is 9.36. The second kappa shape index (κ2) is 5.90. The normalized spacial score (nSPS) is 9.62. The van der Waals surface area contributed by atoms with E-state index >= 15 is 0 Å². The summed E-state index contributed by atoms with van der Waals surface area (Å²) in [4.78, 5) is 21.5. The first-order valence-corrected chi connectivity index (χ1v) is 4.97. The minimum Gasteiger partial charge on any atom is -0.490 e. The topological polar surface area (TPSA) is 52.6 Å². The van der Waals surface area contributed by atoms with Crippen molar-refractivity contribution in [3.63, 3.8) is 0 Å². The first kappa shape index (κ1) is 12.2. The maximum Gasteiger partial charge on any atom is 0.302 e. The summed E-state index contributed by atoms with van der Waals surface area (Å²) in [6.07, 6.45) is 0. The van der Waals surface area contributed by atoms with Gasteiger partial charge in [-0.3, -0.25) is 9.59 Å². The molecule has 0 aromatic heterocycles. The van der Waals surface area contributed by atoms with E-state index in [9.17, 15) is 9.59 Å². The Bertz CT molecular complexity index is 367. The van der Waals surface area contributed by atoms with Crippen molar-refractivity contribution in [1.82, 2.24) is 0 Å². The fraction of sp³-hybridized carbons (Fsp3) is 0.333. The highest BCUT2D eigenvalue weighted by molar-refractivity contribution is 5.94. The van der Waals surface area contributed by atoms with E-state index in [2.05, 4.69) is 0 Å². The average molecular weight is 222 g/mol. The number of carbonyl (C=O) groups excluding carboxylic acids is 2. The lowest BCUT2D eigenvalue weighted by Gasteiger charge is -2.06. The Labute approximate surface area is 94.2 Å². The van der Waals surface area contributed by atoms with Gasteiger partial charge in [0.15, 0.2) is 5.78 Å². The number of carbonyl (C=O) groups is 2. The van der Waals surface area contributed by atoms with Crippen LogP contribution in [0.3, 0.4) is 0 Å². The summed E-state index contributed by atoms with van der Waals surface area (Å²) >= 11 is 0. The van der Waals surface area contributed by atoms with Gasteiger partial charge in [0.1, 0.15) is 19.0 Å². The van der Waals surface area contributed by atoms with Crippen LogP contribution < -0.4 is 4.74 Å². The molecule has 0 unspecified atom stereocenters. The van der Waals surface area contributed by atoms with Crippen molar-refractivity contribution in [3.8, 4) is 5.75 Å². The molecule has 0 radical (unpaired) electrons. The van der Waals surface area contributed by atoms with Crippen molar-refractivity contribution in [2.24, 2.45) is 0 Å². The van der Waals surface area contributed by atoms with E-state index in [0.29, 0.717) is 17.9 Å². The van der Waals surface area contributed by atoms with Gasteiger partial charge in [-0.05, 0) is 31.2 Å². The number of esters is 1. The van der Waals surface area contributed by atoms with E-state index in [1.165, 1.54) is 13.8 Å². The van der Waals surface area contributed by atoms with Crippen LogP contribution in [0.15, 0.2) is 24.3 Å². The summed E-state index contributed by atoms with van der Waals surface area (Å²) in [5.41, 5.74) is 0.646. The van der Waals surface area contributed by atoms with E-state index in [1.54, 1.807) is 24.3 Å². The highest BCUT2D eigenvalue weighted by atomic mass is 16.6. The number of hydrogen-bond donors (Lipinski definition) is 0. The third kappa shape index (κ3) is 4.13. The Morgan fingerprint density at radius 2 is 1.69 bits per heavy atom. The second-order valence-corrected chi connectivity index (χ2v) is 3.27. The van der Waals surface area contributed by atoms with E-state index in [0.717, 1.165) is 0 Å². The van der Waals surface area contributed by atoms with Crippen molar-refractivity contribution in [2.45, 2.75) is 13.8 Å². The van der Waals surface area contributed by atoms with Crippen molar-refractivity contribution < 1.29 is 19.1 Å². The summed E-state index contributed by atoms with van der Waals surface area (Å²) in [5.74, 6) is 0.346. The Balaban J connectivity index is 2.38. The number of ketones is 1. The Hall–Kier alpha value is -1.84. The predicted octanol–water partition coefficient (Wildman–Crippen LogP) is 1.83. The fourth-order valence-electron chi connectivity index (χ4n) is 1.13. The van der Waals surface area contributed by atoms with Gasteiger partial charge in [-0.15, -0.1) is 0 Å². The summed E-state index contributed by atoms with van der Waals surface area (Å²) < 4.78 is 10.0. The summed E-state index contributed by atoms with van der Waals surface area (Å²) in [6, 6.07) is 6.82. The van der Waals surface area contributed by atoms with Gasteiger partial charge in [0, 0.05) is 12.5 Å². The van der Waals surface area contributed by atoms with Crippen LogP contribution in [0.1, 0.15) is 24.2 Å². The minimum absolute atomic E-state index is 0.0199. The molecule has 1 aromatic carbocycles. The number of rotatable bonds is 5. The lowest BCUT2D eigenvalue weighted by molar-refractivity contribution is -0.141. The molecule has 0 atom stereocenters. The highest BCUT2D eigenvalue weighted by Gasteiger charge is 1.99. The molecule has 4 nitrogen and oxygen atoms in total. The summed E-state index contributed by atoms with van der Waals surface area (Å²) in [6.45, 7) is 3.39. The predicted molar refractivity (Wildman–Crippen MR) is 58.6 cm³/mol. The molecule has 0 aliphatic heterocycles. The van der Waals surface area contributed by atoms with Gasteiger partial charge >= 0.3 is 5.97 Å². The van der Waals surface area contributed by atoms with E-state index < -0.39 is 0 Å². The quantitative estimate of drug-likeness (QED) is 0.433. The van der Waals surface area contributed by atoms with Gasteiger partial charge < -0.3 is 9.47 Å². The summed E-state index contributed by atoms with van der Waals surface area (Å²) in [5, 5.41) is 0. The highest BCUT2D eigenvalue weighted by Crippen LogP contribution is 2.12. The Morgan fingerprint density at radius 1 is 1.06 bits per heavy atom. The molecule has 0 amide bonds. The molecule has 0 N–H and O–H groups in total. The van der Waals surface area contributed by atoms with E-state index in [1.807, 2.05) is 0 Å². The van der Waals surface area contributed by atoms with Gasteiger partial charge in [0.2, 0.25) is 0 Å². The molecule has 1 aromatic rings. The molecule has 1 rings (SSSR count). The average Bonchev–Trinajstić information content (AvgIpc) is 2.25. The third-order valence-electron chi connectivity index (χ3n) is 1.92. The Morgan fingerprint density at radius 3 is 2.19 bits per heavy atom. The van der Waals surface area contributed by atoms with Crippen molar-refractivity contribution in [2.75, 3.05) is 13.2 Å². The van der Waals surface area contributed by atoms with Crippen molar-refractivity contribution in [1.29, 1.82) is 0 Å². The molecule has 0 heterocycles. The van der Waals surface area contributed by atoms with Crippen molar-refractivity contribution in [3.05, 3.63) is 29.8 Å². The van der Waals surface area contributed by atoms with Gasteiger partial charge in [-0.1, -0.05) is 0 Å². The SMILES string of the molecule is CC(=O)OCCOc1ccc(C(C)=O)cc1. The number of benzene rings is 1. The monoisotopic (exact) mass is 222 g/mol. The smallest absolute Gasteiger partial charge is 0.302 e. The molecular formula is C12H14O4. The maximum atomic E-state index is 11.0. The minimum atomic E-state index is -0.324. The Kier molecular flexibility index (Phi) is 4.51. The third-order valence-corrected chi connectivity index (χ3v) is 1.92. The van der Waals surface area contributed by atoms with Crippen LogP contribution in [0, 0.1) is 0 Å². The second-order valence-electron chi connectivity index (χ2n) is 3.27. The number of hydrogen-bond acceptors (Lipinski definition) is 4. The van der Waals surface area contributed by atoms with E-state index in [4.69, 9.17) is 9.47 Å². The number of ether oxygens (including phenoxy) is 2. The number of Topliss-reactive ketones (excluding diaryl/α,β-unsaturated/α-hetero) is 1. The first-order chi connectivity index (χ1) is 7.59. The van der Waals surface area contributed by atoms with Crippen LogP contribution in [0.4, 0.5) is 0 Å². The van der Waals surface area contributed by atoms with Crippen LogP contribution >= 0.6 is 0 Å². The first-order valence-electron chi connectivity index (χ1n) is 4.97. The molecular weight excluding hydrogens is 208 g/mol. The molecule has 86 valence electrons. The molecule has 4 heteroatoms. The zero-order chi connectivity index (χ0) is 12.0. The van der Waals surface area contributed by atoms with Crippen LogP contribution in [-0.2, 0) is 9.53 Å². The molecule has 0 spiro atoms. The van der Waals surface area contributed by atoms with Crippen molar-refractivity contribution >= 4 is 11.8 Å². The van der Waals surface area contributed by atoms with Crippen LogP contribution in [0.25, 0.3) is 0 Å². The zero-order valence-electron chi connectivity index (χ0n) is 9.36. The van der Waals surface area contributed by atoms with Crippen LogP contribution in [0.2, 0.25) is 0 Å². The van der Waals surface area contributed by atoms with Crippen LogP contribution in [-0.4, -0.2) is 25.0 Å². The molecule has 0 aliphatic carbocycles. The standard InChI is InChI=1S/C12H14O4/c1-9(13)11-3-5-12(6-4-11)16-8-7-15-10(2)14/h3-6H,7-8H2,1-2H3. The van der Waals surface area contributed by atoms with Gasteiger partial charge in [0.05, 0.1) is 0 Å². The molecule has 0 bridgehead atoms. The molecule has 0 aliphatic rings. The lowest BCUT2D eigenvalue weighted by atomic mass is 10.1. The molecule has 16 heavy (non-hydrogen) atoms.